The molecule has 1 heterocycles. The highest BCUT2D eigenvalue weighted by molar-refractivity contribution is 7.99. The fourth-order valence-corrected chi connectivity index (χ4v) is 4.13. The van der Waals surface area contributed by atoms with Gasteiger partial charge in [0, 0.05) is 15.4 Å². The third-order valence-electron chi connectivity index (χ3n) is 5.08. The standard InChI is InChI=1S/C22H17N3O3S.C5H14NO/c1-28-20-8-4-3-7-19(20)25-14-18(23-24-25)17-6-2-5-9-21(17)29-16-12-10-15(11-13-16)22(26)27;1-6(2,3)4-5-7/h2-14H,1H3,(H,26,27);7H,4-5H2,1-3H3/q;+1/p-1. The van der Waals surface area contributed by atoms with Gasteiger partial charge in [0.1, 0.15) is 23.7 Å². The molecular formula is C27H30N4O4S. The van der Waals surface area contributed by atoms with Crippen molar-refractivity contribution < 1.29 is 24.2 Å². The van der Waals surface area contributed by atoms with Gasteiger partial charge >= 0.3 is 0 Å². The number of carboxylic acid groups (broad SMARTS) is 1. The van der Waals surface area contributed by atoms with Crippen LogP contribution in [0, 0.1) is 0 Å². The number of carbonyl (C=O) groups is 1. The number of para-hydroxylation sites is 2. The Bertz CT molecular complexity index is 1280. The fourth-order valence-electron chi connectivity index (χ4n) is 3.18. The molecule has 1 aromatic heterocycles. The summed E-state index contributed by atoms with van der Waals surface area (Å²) in [6.45, 7) is 1.11. The highest BCUT2D eigenvalue weighted by atomic mass is 32.2. The van der Waals surface area contributed by atoms with Gasteiger partial charge in [-0.2, -0.15) is 0 Å². The largest absolute Gasteiger partial charge is 0.545 e. The van der Waals surface area contributed by atoms with E-state index in [1.165, 1.54) is 23.9 Å². The number of aromatic carboxylic acids is 1. The van der Waals surface area contributed by atoms with Gasteiger partial charge in [0.2, 0.25) is 0 Å². The van der Waals surface area contributed by atoms with Crippen molar-refractivity contribution in [3.05, 3.63) is 84.6 Å². The third kappa shape index (κ3) is 7.42. The number of rotatable bonds is 8. The van der Waals surface area contributed by atoms with E-state index in [1.807, 2.05) is 54.7 Å². The first-order valence-corrected chi connectivity index (χ1v) is 12.1. The zero-order chi connectivity index (χ0) is 26.1. The van der Waals surface area contributed by atoms with Crippen molar-refractivity contribution >= 4 is 17.7 Å². The van der Waals surface area contributed by atoms with Crippen molar-refractivity contribution in [2.24, 2.45) is 0 Å². The molecule has 3 aromatic carbocycles. The summed E-state index contributed by atoms with van der Waals surface area (Å²) >= 11 is 1.53. The number of carboxylic acids is 1. The molecule has 0 atom stereocenters. The van der Waals surface area contributed by atoms with Gasteiger partial charge in [-0.3, -0.25) is 0 Å². The molecule has 9 heteroatoms. The molecule has 4 aromatic rings. The van der Waals surface area contributed by atoms with Crippen molar-refractivity contribution in [3.63, 3.8) is 0 Å². The van der Waals surface area contributed by atoms with E-state index in [9.17, 15) is 9.90 Å². The van der Waals surface area contributed by atoms with E-state index in [1.54, 1.807) is 23.9 Å². The Hall–Kier alpha value is -3.66. The molecular weight excluding hydrogens is 476 g/mol. The number of hydrogen-bond donors (Lipinski definition) is 1. The van der Waals surface area contributed by atoms with Crippen LogP contribution in [0.2, 0.25) is 0 Å². The summed E-state index contributed by atoms with van der Waals surface area (Å²) in [5.41, 5.74) is 2.62. The molecule has 0 radical (unpaired) electrons. The maximum absolute atomic E-state index is 10.9. The molecule has 0 fully saturated rings. The number of aliphatic hydroxyl groups excluding tert-OH is 1. The molecule has 0 aliphatic rings. The van der Waals surface area contributed by atoms with Gasteiger partial charge in [-0.05, 0) is 35.9 Å². The summed E-state index contributed by atoms with van der Waals surface area (Å²) in [6.07, 6.45) is 1.86. The number of nitrogens with zero attached hydrogens (tertiary/aromatic N) is 4. The maximum Gasteiger partial charge on any atom is 0.144 e. The topological polar surface area (TPSA) is 100 Å². The number of hydrogen-bond acceptors (Lipinski definition) is 7. The molecule has 36 heavy (non-hydrogen) atoms. The lowest BCUT2D eigenvalue weighted by molar-refractivity contribution is -0.870. The number of aliphatic hydroxyl groups is 1. The molecule has 4 rings (SSSR count). The van der Waals surface area contributed by atoms with E-state index in [0.717, 1.165) is 37.8 Å². The third-order valence-corrected chi connectivity index (χ3v) is 6.16. The second kappa shape index (κ2) is 12.3. The minimum absolute atomic E-state index is 0.155. The van der Waals surface area contributed by atoms with Crippen LogP contribution in [-0.4, -0.2) is 72.0 Å². The molecule has 0 saturated heterocycles. The van der Waals surface area contributed by atoms with Crippen LogP contribution in [0.3, 0.4) is 0 Å². The number of aromatic nitrogens is 3. The fraction of sp³-hybridized carbons (Fsp3) is 0.222. The predicted octanol–water partition coefficient (Wildman–Crippen LogP) is 3.14. The Morgan fingerprint density at radius 3 is 2.31 bits per heavy atom. The van der Waals surface area contributed by atoms with Gasteiger partial charge in [0.25, 0.3) is 0 Å². The lowest BCUT2D eigenvalue weighted by Gasteiger charge is -2.21. The predicted molar refractivity (Wildman–Crippen MR) is 138 cm³/mol. The van der Waals surface area contributed by atoms with E-state index in [-0.39, 0.29) is 12.2 Å². The molecule has 0 aliphatic carbocycles. The smallest absolute Gasteiger partial charge is 0.144 e. The lowest BCUT2D eigenvalue weighted by atomic mass is 10.2. The van der Waals surface area contributed by atoms with Crippen LogP contribution in [0.5, 0.6) is 5.75 Å². The number of carbonyl (C=O) groups excluding carboxylic acids is 1. The Kier molecular flexibility index (Phi) is 9.24. The number of quaternary nitrogens is 1. The van der Waals surface area contributed by atoms with Crippen LogP contribution in [-0.2, 0) is 0 Å². The average molecular weight is 507 g/mol. The summed E-state index contributed by atoms with van der Waals surface area (Å²) in [7, 11) is 7.77. The maximum atomic E-state index is 10.9. The van der Waals surface area contributed by atoms with Gasteiger partial charge in [-0.1, -0.05) is 59.4 Å². The first kappa shape index (κ1) is 26.9. The molecule has 0 amide bonds. The number of methoxy groups -OCH3 is 1. The van der Waals surface area contributed by atoms with Gasteiger partial charge < -0.3 is 24.2 Å². The molecule has 8 nitrogen and oxygen atoms in total. The normalized spacial score (nSPS) is 10.9. The van der Waals surface area contributed by atoms with Crippen LogP contribution in [0.4, 0.5) is 0 Å². The van der Waals surface area contributed by atoms with Gasteiger partial charge in [-0.15, -0.1) is 5.10 Å². The zero-order valence-corrected chi connectivity index (χ0v) is 21.6. The van der Waals surface area contributed by atoms with Gasteiger partial charge in [0.05, 0.1) is 47.0 Å². The van der Waals surface area contributed by atoms with E-state index in [4.69, 9.17) is 9.84 Å². The average Bonchev–Trinajstić information content (AvgIpc) is 3.34. The Morgan fingerprint density at radius 1 is 1.03 bits per heavy atom. The first-order chi connectivity index (χ1) is 17.2. The van der Waals surface area contributed by atoms with Gasteiger partial charge in [-0.25, -0.2) is 4.68 Å². The summed E-state index contributed by atoms with van der Waals surface area (Å²) < 4.78 is 7.93. The van der Waals surface area contributed by atoms with Crippen molar-refractivity contribution in [1.82, 2.24) is 15.0 Å². The molecule has 0 spiro atoms. The van der Waals surface area contributed by atoms with Gasteiger partial charge in [0.15, 0.2) is 0 Å². The zero-order valence-electron chi connectivity index (χ0n) is 20.8. The Morgan fingerprint density at radius 2 is 1.69 bits per heavy atom. The SMILES string of the molecule is COc1ccccc1-n1cc(-c2ccccc2Sc2ccc(C(=O)[O-])cc2)nn1.C[N+](C)(C)CCO. The molecule has 0 unspecified atom stereocenters. The summed E-state index contributed by atoms with van der Waals surface area (Å²) in [5, 5.41) is 27.9. The van der Waals surface area contributed by atoms with Crippen LogP contribution in [0.15, 0.2) is 88.8 Å². The Labute approximate surface area is 215 Å². The summed E-state index contributed by atoms with van der Waals surface area (Å²) in [6, 6.07) is 22.1. The van der Waals surface area contributed by atoms with Crippen LogP contribution in [0.1, 0.15) is 10.4 Å². The van der Waals surface area contributed by atoms with E-state index in [2.05, 4.69) is 31.5 Å². The molecule has 1 N–H and O–H groups in total. The lowest BCUT2D eigenvalue weighted by Crippen LogP contribution is -2.36. The highest BCUT2D eigenvalue weighted by Gasteiger charge is 2.13. The second-order valence-electron chi connectivity index (χ2n) is 8.87. The molecule has 0 bridgehead atoms. The van der Waals surface area contributed by atoms with Crippen molar-refractivity contribution in [3.8, 4) is 22.7 Å². The quantitative estimate of drug-likeness (QED) is 0.367. The minimum Gasteiger partial charge on any atom is -0.545 e. The van der Waals surface area contributed by atoms with Crippen molar-refractivity contribution in [2.45, 2.75) is 9.79 Å². The number of benzene rings is 3. The van der Waals surface area contributed by atoms with Crippen LogP contribution < -0.4 is 9.84 Å². The molecule has 0 saturated carbocycles. The van der Waals surface area contributed by atoms with E-state index >= 15 is 0 Å². The monoisotopic (exact) mass is 506 g/mol. The Balaban J connectivity index is 0.000000454. The first-order valence-electron chi connectivity index (χ1n) is 11.3. The van der Waals surface area contributed by atoms with E-state index < -0.39 is 5.97 Å². The van der Waals surface area contributed by atoms with Crippen molar-refractivity contribution in [2.75, 3.05) is 41.4 Å². The molecule has 188 valence electrons. The summed E-state index contributed by atoms with van der Waals surface area (Å²) in [4.78, 5) is 12.8. The van der Waals surface area contributed by atoms with Crippen LogP contribution >= 0.6 is 11.8 Å². The number of likely N-dealkylation sites (N-methyl/N-ethyl adjacent to an activating group) is 1. The van der Waals surface area contributed by atoms with E-state index in [0.29, 0.717) is 5.75 Å². The molecule has 0 aliphatic heterocycles. The number of ether oxygens (including phenoxy) is 1. The minimum atomic E-state index is -1.19. The van der Waals surface area contributed by atoms with Crippen LogP contribution in [0.25, 0.3) is 16.9 Å². The summed E-state index contributed by atoms with van der Waals surface area (Å²) in [5.74, 6) is -0.477. The highest BCUT2D eigenvalue weighted by Crippen LogP contribution is 2.35. The second-order valence-corrected chi connectivity index (χ2v) is 9.98. The van der Waals surface area contributed by atoms with Crippen molar-refractivity contribution in [1.29, 1.82) is 0 Å².